The van der Waals surface area contributed by atoms with Gasteiger partial charge in [-0.3, -0.25) is 14.2 Å². The number of benzene rings is 3. The largest absolute Gasteiger partial charge is 0.573 e. The Kier molecular flexibility index (Phi) is 6.36. The second kappa shape index (κ2) is 9.37. The summed E-state index contributed by atoms with van der Waals surface area (Å²) in [6, 6.07) is 20.7. The molecule has 0 atom stereocenters. The Morgan fingerprint density at radius 1 is 0.970 bits per heavy atom. The quantitative estimate of drug-likeness (QED) is 0.316. The fourth-order valence-corrected chi connectivity index (χ4v) is 3.89. The van der Waals surface area contributed by atoms with Crippen molar-refractivity contribution in [2.45, 2.75) is 11.5 Å². The van der Waals surface area contributed by atoms with Crippen LogP contribution in [0.15, 0.2) is 88.8 Å². The molecule has 0 radical (unpaired) electrons. The number of ether oxygens (including phenoxy) is 1. The van der Waals surface area contributed by atoms with Crippen molar-refractivity contribution in [1.29, 1.82) is 0 Å². The summed E-state index contributed by atoms with van der Waals surface area (Å²) in [5, 5.41) is 3.40. The molecule has 10 heteroatoms. The molecule has 1 aromatic heterocycles. The Bertz CT molecular complexity index is 1340. The van der Waals surface area contributed by atoms with E-state index in [1.54, 1.807) is 48.5 Å². The number of alkyl halides is 3. The van der Waals surface area contributed by atoms with E-state index in [1.165, 1.54) is 16.7 Å². The lowest BCUT2D eigenvalue weighted by Gasteiger charge is -2.13. The summed E-state index contributed by atoms with van der Waals surface area (Å²) in [6.07, 6.45) is -4.79. The van der Waals surface area contributed by atoms with Crippen LogP contribution in [0.2, 0.25) is 0 Å². The zero-order valence-corrected chi connectivity index (χ0v) is 17.7. The summed E-state index contributed by atoms with van der Waals surface area (Å²) >= 11 is 1.08. The maximum Gasteiger partial charge on any atom is 0.573 e. The minimum absolute atomic E-state index is 0.0710. The predicted octanol–water partition coefficient (Wildman–Crippen LogP) is 5.02. The molecular weight excluding hydrogens is 455 g/mol. The molecule has 1 N–H and O–H groups in total. The Balaban J connectivity index is 1.53. The number of hydrogen-bond donors (Lipinski definition) is 1. The van der Waals surface area contributed by atoms with E-state index in [1.807, 2.05) is 6.07 Å². The van der Waals surface area contributed by atoms with Crippen LogP contribution in [0.3, 0.4) is 0 Å². The molecule has 3 aromatic carbocycles. The van der Waals surface area contributed by atoms with E-state index in [4.69, 9.17) is 0 Å². The minimum atomic E-state index is -4.79. The van der Waals surface area contributed by atoms with Crippen molar-refractivity contribution < 1.29 is 22.7 Å². The molecule has 4 rings (SSSR count). The monoisotopic (exact) mass is 471 g/mol. The lowest BCUT2D eigenvalue weighted by Crippen LogP contribution is -2.22. The smallest absolute Gasteiger partial charge is 0.406 e. The number of carbonyl (C=O) groups is 1. The Hall–Kier alpha value is -3.79. The molecule has 0 unspecified atom stereocenters. The van der Waals surface area contributed by atoms with Crippen LogP contribution in [-0.4, -0.2) is 27.6 Å². The zero-order valence-electron chi connectivity index (χ0n) is 16.9. The average Bonchev–Trinajstić information content (AvgIpc) is 2.79. The van der Waals surface area contributed by atoms with Gasteiger partial charge in [0.05, 0.1) is 22.3 Å². The third-order valence-corrected chi connectivity index (χ3v) is 5.40. The number of fused-ring (bicyclic) bond motifs is 1. The number of carbonyl (C=O) groups excluding carboxylic acids is 1. The first-order valence-electron chi connectivity index (χ1n) is 9.66. The highest BCUT2D eigenvalue weighted by Gasteiger charge is 2.31. The lowest BCUT2D eigenvalue weighted by molar-refractivity contribution is -0.274. The van der Waals surface area contributed by atoms with E-state index in [0.29, 0.717) is 27.4 Å². The van der Waals surface area contributed by atoms with Gasteiger partial charge in [-0.25, -0.2) is 4.98 Å². The number of rotatable bonds is 6. The molecule has 4 aromatic rings. The summed E-state index contributed by atoms with van der Waals surface area (Å²) in [5.41, 5.74) is 1.18. The molecular formula is C23H16F3N3O3S. The molecule has 0 fully saturated rings. The van der Waals surface area contributed by atoms with E-state index in [2.05, 4.69) is 15.0 Å². The van der Waals surface area contributed by atoms with Gasteiger partial charge in [0.2, 0.25) is 5.91 Å². The number of halogens is 3. The van der Waals surface area contributed by atoms with Gasteiger partial charge < -0.3 is 10.1 Å². The van der Waals surface area contributed by atoms with Gasteiger partial charge in [-0.1, -0.05) is 42.1 Å². The number of anilines is 1. The van der Waals surface area contributed by atoms with Gasteiger partial charge in [-0.15, -0.1) is 13.2 Å². The van der Waals surface area contributed by atoms with E-state index in [0.717, 1.165) is 23.9 Å². The van der Waals surface area contributed by atoms with Crippen LogP contribution in [0.5, 0.6) is 5.75 Å². The highest BCUT2D eigenvalue weighted by Crippen LogP contribution is 2.25. The number of nitrogens with one attached hydrogen (secondary N) is 1. The average molecular weight is 471 g/mol. The third kappa shape index (κ3) is 5.53. The van der Waals surface area contributed by atoms with Crippen molar-refractivity contribution in [3.8, 4) is 11.4 Å². The van der Waals surface area contributed by atoms with Gasteiger partial charge in [-0.2, -0.15) is 0 Å². The molecule has 0 aliphatic carbocycles. The van der Waals surface area contributed by atoms with Gasteiger partial charge in [0.15, 0.2) is 5.16 Å². The fraction of sp³-hybridized carbons (Fsp3) is 0.0870. The first kappa shape index (κ1) is 22.4. The van der Waals surface area contributed by atoms with Crippen LogP contribution in [-0.2, 0) is 4.79 Å². The fourth-order valence-electron chi connectivity index (χ4n) is 3.08. The molecule has 1 heterocycles. The van der Waals surface area contributed by atoms with Crippen molar-refractivity contribution in [1.82, 2.24) is 9.55 Å². The number of aromatic nitrogens is 2. The standard InChI is InChI=1S/C23H16F3N3O3S/c24-23(25,26)32-17-12-10-15(11-13-17)27-20(30)14-33-22-28-19-9-5-4-8-18(19)21(31)29(22)16-6-2-1-3-7-16/h1-13H,14H2,(H,27,30). The van der Waals surface area contributed by atoms with Crippen LogP contribution in [0.4, 0.5) is 18.9 Å². The highest BCUT2D eigenvalue weighted by molar-refractivity contribution is 7.99. The van der Waals surface area contributed by atoms with E-state index in [9.17, 15) is 22.8 Å². The van der Waals surface area contributed by atoms with Gasteiger partial charge in [-0.05, 0) is 48.5 Å². The molecule has 0 bridgehead atoms. The van der Waals surface area contributed by atoms with E-state index in [-0.39, 0.29) is 17.1 Å². The first-order valence-corrected chi connectivity index (χ1v) is 10.6. The molecule has 0 spiro atoms. The van der Waals surface area contributed by atoms with Crippen molar-refractivity contribution in [3.63, 3.8) is 0 Å². The number of para-hydroxylation sites is 2. The summed E-state index contributed by atoms with van der Waals surface area (Å²) in [7, 11) is 0. The predicted molar refractivity (Wildman–Crippen MR) is 120 cm³/mol. The van der Waals surface area contributed by atoms with E-state index >= 15 is 0 Å². The van der Waals surface area contributed by atoms with Crippen LogP contribution in [0, 0.1) is 0 Å². The molecule has 6 nitrogen and oxygen atoms in total. The number of thioether (sulfide) groups is 1. The topological polar surface area (TPSA) is 73.2 Å². The number of nitrogens with zero attached hydrogens (tertiary/aromatic N) is 2. The zero-order chi connectivity index (χ0) is 23.4. The molecule has 168 valence electrons. The lowest BCUT2D eigenvalue weighted by atomic mass is 10.2. The van der Waals surface area contributed by atoms with Crippen molar-refractivity contribution in [2.24, 2.45) is 0 Å². The Morgan fingerprint density at radius 2 is 1.64 bits per heavy atom. The summed E-state index contributed by atoms with van der Waals surface area (Å²) in [6.45, 7) is 0. The Labute approximate surface area is 190 Å². The van der Waals surface area contributed by atoms with Crippen molar-refractivity contribution >= 4 is 34.3 Å². The maximum absolute atomic E-state index is 13.1. The normalized spacial score (nSPS) is 11.4. The van der Waals surface area contributed by atoms with E-state index < -0.39 is 12.3 Å². The van der Waals surface area contributed by atoms with Crippen molar-refractivity contribution in [2.75, 3.05) is 11.1 Å². The molecule has 0 saturated carbocycles. The number of amides is 1. The van der Waals surface area contributed by atoms with Gasteiger partial charge in [0, 0.05) is 5.69 Å². The molecule has 33 heavy (non-hydrogen) atoms. The second-order valence-corrected chi connectivity index (χ2v) is 7.74. The van der Waals surface area contributed by atoms with Crippen molar-refractivity contribution in [3.05, 3.63) is 89.2 Å². The highest BCUT2D eigenvalue weighted by atomic mass is 32.2. The molecule has 1 amide bonds. The van der Waals surface area contributed by atoms with Crippen LogP contribution in [0.25, 0.3) is 16.6 Å². The summed E-state index contributed by atoms with van der Waals surface area (Å²) in [4.78, 5) is 30.1. The van der Waals surface area contributed by atoms with Gasteiger partial charge in [0.25, 0.3) is 5.56 Å². The van der Waals surface area contributed by atoms with Gasteiger partial charge >= 0.3 is 6.36 Å². The maximum atomic E-state index is 13.1. The van der Waals surface area contributed by atoms with Crippen LogP contribution >= 0.6 is 11.8 Å². The second-order valence-electron chi connectivity index (χ2n) is 6.80. The molecule has 0 saturated heterocycles. The van der Waals surface area contributed by atoms with Crippen LogP contribution in [0.1, 0.15) is 0 Å². The SMILES string of the molecule is O=C(CSc1nc2ccccc2c(=O)n1-c1ccccc1)Nc1ccc(OC(F)(F)F)cc1. The number of hydrogen-bond acceptors (Lipinski definition) is 5. The molecule has 0 aliphatic rings. The third-order valence-electron chi connectivity index (χ3n) is 4.46. The summed E-state index contributed by atoms with van der Waals surface area (Å²) in [5.74, 6) is -0.869. The van der Waals surface area contributed by atoms with Crippen LogP contribution < -0.4 is 15.6 Å². The first-order chi connectivity index (χ1) is 15.8. The Morgan fingerprint density at radius 3 is 2.33 bits per heavy atom. The molecule has 0 aliphatic heterocycles. The minimum Gasteiger partial charge on any atom is -0.406 e. The summed E-state index contributed by atoms with van der Waals surface area (Å²) < 4.78 is 42.1. The van der Waals surface area contributed by atoms with Gasteiger partial charge in [0.1, 0.15) is 5.75 Å².